The van der Waals surface area contributed by atoms with Crippen molar-refractivity contribution in [3.8, 4) is 17.1 Å². The minimum atomic E-state index is -0.723. The number of aromatic nitrogens is 6. The van der Waals surface area contributed by atoms with Crippen LogP contribution in [0.3, 0.4) is 0 Å². The van der Waals surface area contributed by atoms with Crippen LogP contribution in [0.25, 0.3) is 22.4 Å². The second kappa shape index (κ2) is 9.16. The van der Waals surface area contributed by atoms with Crippen LogP contribution in [0.2, 0.25) is 0 Å². The molecule has 4 aromatic rings. The van der Waals surface area contributed by atoms with E-state index < -0.39 is 11.6 Å². The van der Waals surface area contributed by atoms with Crippen molar-refractivity contribution < 1.29 is 18.3 Å². The summed E-state index contributed by atoms with van der Waals surface area (Å²) in [7, 11) is 0. The van der Waals surface area contributed by atoms with E-state index in [0.717, 1.165) is 24.5 Å². The quantitative estimate of drug-likeness (QED) is 0.364. The molecular formula is C26H26F2N6O2. The molecular weight excluding hydrogens is 466 g/mol. The van der Waals surface area contributed by atoms with E-state index in [1.807, 2.05) is 17.8 Å². The van der Waals surface area contributed by atoms with Crippen LogP contribution in [-0.4, -0.2) is 42.9 Å². The Morgan fingerprint density at radius 2 is 1.97 bits per heavy atom. The number of rotatable bonds is 6. The van der Waals surface area contributed by atoms with E-state index in [-0.39, 0.29) is 23.3 Å². The molecule has 0 amide bonds. The predicted molar refractivity (Wildman–Crippen MR) is 128 cm³/mol. The maximum absolute atomic E-state index is 14.9. The first-order valence-electron chi connectivity index (χ1n) is 12.3. The van der Waals surface area contributed by atoms with Gasteiger partial charge >= 0.3 is 0 Å². The molecule has 186 valence electrons. The van der Waals surface area contributed by atoms with Crippen molar-refractivity contribution in [2.24, 2.45) is 0 Å². The van der Waals surface area contributed by atoms with Crippen molar-refractivity contribution in [1.29, 1.82) is 0 Å². The topological polar surface area (TPSA) is 87.8 Å². The normalized spacial score (nSPS) is 20.1. The Balaban J connectivity index is 1.42. The molecule has 6 rings (SSSR count). The lowest BCUT2D eigenvalue weighted by atomic mass is 9.92. The van der Waals surface area contributed by atoms with Crippen molar-refractivity contribution >= 4 is 11.2 Å². The predicted octanol–water partition coefficient (Wildman–Crippen LogP) is 5.24. The molecule has 2 atom stereocenters. The van der Waals surface area contributed by atoms with Gasteiger partial charge in [0.2, 0.25) is 5.88 Å². The number of fused-ring (bicyclic) bond motifs is 1. The molecule has 4 heterocycles. The monoisotopic (exact) mass is 492 g/mol. The summed E-state index contributed by atoms with van der Waals surface area (Å²) >= 11 is 0. The molecule has 1 aliphatic heterocycles. The van der Waals surface area contributed by atoms with Crippen LogP contribution in [0.1, 0.15) is 67.8 Å². The summed E-state index contributed by atoms with van der Waals surface area (Å²) in [4.78, 5) is 18.7. The fourth-order valence-electron chi connectivity index (χ4n) is 4.68. The molecule has 10 heteroatoms. The van der Waals surface area contributed by atoms with Crippen LogP contribution in [0.15, 0.2) is 30.6 Å². The molecule has 2 fully saturated rings. The van der Waals surface area contributed by atoms with E-state index in [4.69, 9.17) is 19.4 Å². The number of ether oxygens (including phenoxy) is 2. The second-order valence-corrected chi connectivity index (χ2v) is 9.34. The number of hydrogen-bond donors (Lipinski definition) is 0. The Labute approximate surface area is 206 Å². The highest BCUT2D eigenvalue weighted by Gasteiger charge is 2.31. The average molecular weight is 493 g/mol. The van der Waals surface area contributed by atoms with E-state index in [9.17, 15) is 8.78 Å². The van der Waals surface area contributed by atoms with Crippen LogP contribution in [0.5, 0.6) is 5.88 Å². The molecule has 1 aliphatic carbocycles. The van der Waals surface area contributed by atoms with E-state index in [2.05, 4.69) is 21.3 Å². The van der Waals surface area contributed by atoms with Crippen LogP contribution in [0.4, 0.5) is 8.78 Å². The molecule has 8 nitrogen and oxygen atoms in total. The summed E-state index contributed by atoms with van der Waals surface area (Å²) in [5.74, 6) is -0.538. The summed E-state index contributed by atoms with van der Waals surface area (Å²) in [6, 6.07) is 3.92. The summed E-state index contributed by atoms with van der Waals surface area (Å²) in [5, 5.41) is 4.50. The van der Waals surface area contributed by atoms with Crippen molar-refractivity contribution in [3.05, 3.63) is 59.3 Å². The smallest absolute Gasteiger partial charge is 0.236 e. The third-order valence-corrected chi connectivity index (χ3v) is 6.71. The Morgan fingerprint density at radius 1 is 1.11 bits per heavy atom. The van der Waals surface area contributed by atoms with Gasteiger partial charge in [-0.1, -0.05) is 0 Å². The number of nitrogens with zero attached hydrogens (tertiary/aromatic N) is 6. The van der Waals surface area contributed by atoms with Crippen molar-refractivity contribution in [2.75, 3.05) is 13.2 Å². The molecule has 0 bridgehead atoms. The first-order valence-corrected chi connectivity index (χ1v) is 12.3. The fraction of sp³-hybridized carbons (Fsp3) is 0.423. The SMILES string of the molecule is CCOc1nc2c(-c3ccc(F)cc3F)nc([C@@H]3CCO[C@H](c4cnn(C5CC5)c4)C3)nc2nc1C. The van der Waals surface area contributed by atoms with Crippen LogP contribution < -0.4 is 4.74 Å². The lowest BCUT2D eigenvalue weighted by Crippen LogP contribution is -2.20. The van der Waals surface area contributed by atoms with E-state index in [1.165, 1.54) is 12.1 Å². The zero-order chi connectivity index (χ0) is 24.8. The molecule has 1 saturated heterocycles. The highest BCUT2D eigenvalue weighted by molar-refractivity contribution is 5.87. The molecule has 2 aliphatic rings. The lowest BCUT2D eigenvalue weighted by molar-refractivity contribution is 0.00396. The van der Waals surface area contributed by atoms with Crippen LogP contribution >= 0.6 is 0 Å². The second-order valence-electron chi connectivity index (χ2n) is 9.34. The third-order valence-electron chi connectivity index (χ3n) is 6.71. The van der Waals surface area contributed by atoms with Gasteiger partial charge in [0.15, 0.2) is 5.65 Å². The minimum absolute atomic E-state index is 0.0339. The van der Waals surface area contributed by atoms with Crippen molar-refractivity contribution in [2.45, 2.75) is 57.6 Å². The molecule has 1 saturated carbocycles. The van der Waals surface area contributed by atoms with Gasteiger partial charge in [0.1, 0.15) is 34.4 Å². The fourth-order valence-corrected chi connectivity index (χ4v) is 4.68. The summed E-state index contributed by atoms with van der Waals surface area (Å²) < 4.78 is 42.3. The van der Waals surface area contributed by atoms with Crippen LogP contribution in [0, 0.1) is 18.6 Å². The Hall–Kier alpha value is -3.53. The van der Waals surface area contributed by atoms with Crippen LogP contribution in [-0.2, 0) is 4.74 Å². The molecule has 0 spiro atoms. The Kier molecular flexibility index (Phi) is 5.83. The molecule has 0 unspecified atom stereocenters. The third kappa shape index (κ3) is 4.30. The van der Waals surface area contributed by atoms with Gasteiger partial charge in [0, 0.05) is 35.9 Å². The average Bonchev–Trinajstić information content (AvgIpc) is 3.60. The molecule has 3 aromatic heterocycles. The van der Waals surface area contributed by atoms with Gasteiger partial charge in [-0.15, -0.1) is 0 Å². The molecule has 0 N–H and O–H groups in total. The standard InChI is InChI=1S/C26H26F2N6O2/c1-3-35-26-14(2)30-25-23(32-26)22(19-7-4-17(27)11-20(19)28)31-24(33-25)15-8-9-36-21(10-15)16-12-29-34(13-16)18-5-6-18/h4,7,11-13,15,18,21H,3,5-6,8-10H2,1-2H3/t15-,21+/m1/s1. The van der Waals surface area contributed by atoms with Gasteiger partial charge in [0.05, 0.1) is 24.9 Å². The van der Waals surface area contributed by atoms with Crippen molar-refractivity contribution in [3.63, 3.8) is 0 Å². The highest BCUT2D eigenvalue weighted by atomic mass is 19.1. The van der Waals surface area contributed by atoms with Gasteiger partial charge < -0.3 is 9.47 Å². The highest BCUT2D eigenvalue weighted by Crippen LogP contribution is 2.40. The zero-order valence-electron chi connectivity index (χ0n) is 20.1. The number of benzene rings is 1. The first-order chi connectivity index (χ1) is 17.5. The maximum Gasteiger partial charge on any atom is 0.236 e. The van der Waals surface area contributed by atoms with Gasteiger partial charge in [0.25, 0.3) is 0 Å². The van der Waals surface area contributed by atoms with Gasteiger partial charge in [-0.3, -0.25) is 4.68 Å². The van der Waals surface area contributed by atoms with Gasteiger partial charge in [-0.05, 0) is 51.7 Å². The molecule has 36 heavy (non-hydrogen) atoms. The van der Waals surface area contributed by atoms with E-state index in [1.54, 1.807) is 6.92 Å². The first kappa shape index (κ1) is 22.9. The van der Waals surface area contributed by atoms with Gasteiger partial charge in [-0.2, -0.15) is 5.10 Å². The molecule has 1 aromatic carbocycles. The summed E-state index contributed by atoms with van der Waals surface area (Å²) in [6.45, 7) is 4.58. The number of aryl methyl sites for hydroxylation is 1. The number of hydrogen-bond acceptors (Lipinski definition) is 7. The largest absolute Gasteiger partial charge is 0.477 e. The van der Waals surface area contributed by atoms with E-state index in [0.29, 0.717) is 60.7 Å². The van der Waals surface area contributed by atoms with Gasteiger partial charge in [-0.25, -0.2) is 28.7 Å². The number of halogens is 2. The zero-order valence-corrected chi connectivity index (χ0v) is 20.1. The maximum atomic E-state index is 14.9. The Morgan fingerprint density at radius 3 is 2.75 bits per heavy atom. The Bertz CT molecular complexity index is 1440. The lowest BCUT2D eigenvalue weighted by Gasteiger charge is -2.28. The minimum Gasteiger partial charge on any atom is -0.477 e. The summed E-state index contributed by atoms with van der Waals surface area (Å²) in [5.41, 5.74) is 2.69. The molecule has 0 radical (unpaired) electrons. The van der Waals surface area contributed by atoms with Crippen molar-refractivity contribution in [1.82, 2.24) is 29.7 Å². The van der Waals surface area contributed by atoms with E-state index >= 15 is 0 Å². The summed E-state index contributed by atoms with van der Waals surface area (Å²) in [6.07, 6.45) is 7.51.